The van der Waals surface area contributed by atoms with E-state index in [4.69, 9.17) is 4.74 Å². The molecule has 2 unspecified atom stereocenters. The van der Waals surface area contributed by atoms with Crippen molar-refractivity contribution in [2.75, 3.05) is 0 Å². The summed E-state index contributed by atoms with van der Waals surface area (Å²) in [6, 6.07) is 0. The zero-order valence-corrected chi connectivity index (χ0v) is 9.27. The molecule has 0 radical (unpaired) electrons. The van der Waals surface area contributed by atoms with Gasteiger partial charge >= 0.3 is 0 Å². The fourth-order valence-electron chi connectivity index (χ4n) is 1.67. The lowest BCUT2D eigenvalue weighted by Gasteiger charge is -2.29. The summed E-state index contributed by atoms with van der Waals surface area (Å²) in [6.45, 7) is 13.4. The van der Waals surface area contributed by atoms with Crippen LogP contribution < -0.4 is 0 Å². The molecule has 72 valence electrons. The van der Waals surface area contributed by atoms with Gasteiger partial charge < -0.3 is 4.74 Å². The van der Waals surface area contributed by atoms with E-state index in [0.717, 1.165) is 0 Å². The Labute approximate surface area is 76.5 Å². The molecule has 1 nitrogen and oxygen atoms in total. The van der Waals surface area contributed by atoms with Crippen molar-refractivity contribution in [1.82, 2.24) is 0 Å². The van der Waals surface area contributed by atoms with Crippen LogP contribution in [-0.2, 0) is 4.74 Å². The minimum absolute atomic E-state index is 0.0813. The third-order valence-electron chi connectivity index (χ3n) is 3.17. The van der Waals surface area contributed by atoms with Crippen LogP contribution in [0.2, 0.25) is 0 Å². The first-order valence-electron chi connectivity index (χ1n) is 4.91. The lowest BCUT2D eigenvalue weighted by Crippen LogP contribution is -2.30. The van der Waals surface area contributed by atoms with Crippen molar-refractivity contribution >= 4 is 0 Å². The Morgan fingerprint density at radius 1 is 1.25 bits per heavy atom. The molecule has 0 aromatic carbocycles. The SMILES string of the molecule is CC1CC(C(C)(C)C)OC1(C)C. The molecule has 0 aromatic rings. The number of rotatable bonds is 0. The van der Waals surface area contributed by atoms with Gasteiger partial charge in [0.25, 0.3) is 0 Å². The summed E-state index contributed by atoms with van der Waals surface area (Å²) < 4.78 is 6.03. The third-order valence-corrected chi connectivity index (χ3v) is 3.17. The highest BCUT2D eigenvalue weighted by atomic mass is 16.5. The van der Waals surface area contributed by atoms with E-state index in [9.17, 15) is 0 Å². The van der Waals surface area contributed by atoms with Gasteiger partial charge in [-0.25, -0.2) is 0 Å². The first kappa shape index (κ1) is 10.0. The van der Waals surface area contributed by atoms with Crippen LogP contribution in [0, 0.1) is 11.3 Å². The minimum atomic E-state index is 0.0813. The summed E-state index contributed by atoms with van der Waals surface area (Å²) in [5, 5.41) is 0. The predicted octanol–water partition coefficient (Wildman–Crippen LogP) is 3.24. The molecule has 0 spiro atoms. The van der Waals surface area contributed by atoms with Crippen molar-refractivity contribution < 1.29 is 4.74 Å². The molecule has 1 aliphatic heterocycles. The van der Waals surface area contributed by atoms with Crippen LogP contribution in [0.25, 0.3) is 0 Å². The van der Waals surface area contributed by atoms with Gasteiger partial charge in [0.1, 0.15) is 0 Å². The predicted molar refractivity (Wildman–Crippen MR) is 52.2 cm³/mol. The van der Waals surface area contributed by atoms with E-state index in [1.807, 2.05) is 0 Å². The average Bonchev–Trinajstić information content (AvgIpc) is 2.06. The van der Waals surface area contributed by atoms with Gasteiger partial charge in [-0.2, -0.15) is 0 Å². The quantitative estimate of drug-likeness (QED) is 0.542. The number of hydrogen-bond donors (Lipinski definition) is 0. The summed E-state index contributed by atoms with van der Waals surface area (Å²) in [4.78, 5) is 0. The van der Waals surface area contributed by atoms with Crippen LogP contribution in [0.15, 0.2) is 0 Å². The molecule has 0 amide bonds. The lowest BCUT2D eigenvalue weighted by atomic mass is 9.84. The maximum Gasteiger partial charge on any atom is 0.0656 e. The minimum Gasteiger partial charge on any atom is -0.372 e. The second-order valence-corrected chi connectivity index (χ2v) is 5.71. The lowest BCUT2D eigenvalue weighted by molar-refractivity contribution is -0.0687. The van der Waals surface area contributed by atoms with Crippen molar-refractivity contribution in [2.24, 2.45) is 11.3 Å². The zero-order valence-electron chi connectivity index (χ0n) is 9.27. The Morgan fingerprint density at radius 2 is 1.75 bits per heavy atom. The number of hydrogen-bond acceptors (Lipinski definition) is 1. The molecule has 0 saturated carbocycles. The Hall–Kier alpha value is -0.0400. The molecule has 0 bridgehead atoms. The van der Waals surface area contributed by atoms with E-state index >= 15 is 0 Å². The van der Waals surface area contributed by atoms with E-state index in [2.05, 4.69) is 41.5 Å². The molecule has 1 heterocycles. The van der Waals surface area contributed by atoms with Gasteiger partial charge in [-0.05, 0) is 31.6 Å². The third kappa shape index (κ3) is 1.82. The molecule has 1 fully saturated rings. The normalized spacial score (nSPS) is 35.5. The van der Waals surface area contributed by atoms with Crippen LogP contribution in [-0.4, -0.2) is 11.7 Å². The van der Waals surface area contributed by atoms with Gasteiger partial charge in [0.05, 0.1) is 11.7 Å². The van der Waals surface area contributed by atoms with Crippen molar-refractivity contribution in [3.63, 3.8) is 0 Å². The molecule has 1 saturated heterocycles. The van der Waals surface area contributed by atoms with E-state index in [1.165, 1.54) is 6.42 Å². The zero-order chi connectivity index (χ0) is 9.57. The second-order valence-electron chi connectivity index (χ2n) is 5.71. The van der Waals surface area contributed by atoms with Crippen LogP contribution in [0.3, 0.4) is 0 Å². The number of ether oxygens (including phenoxy) is 1. The van der Waals surface area contributed by atoms with Crippen LogP contribution in [0.1, 0.15) is 48.0 Å². The topological polar surface area (TPSA) is 9.23 Å². The second kappa shape index (κ2) is 2.73. The molecule has 1 rings (SSSR count). The first-order chi connectivity index (χ1) is 5.23. The molecule has 0 aromatic heterocycles. The van der Waals surface area contributed by atoms with Gasteiger partial charge in [-0.1, -0.05) is 27.7 Å². The standard InChI is InChI=1S/C11H22O/c1-8-7-9(10(2,3)4)12-11(8,5)6/h8-9H,7H2,1-6H3. The van der Waals surface area contributed by atoms with Gasteiger partial charge in [0.2, 0.25) is 0 Å². The van der Waals surface area contributed by atoms with E-state index in [-0.39, 0.29) is 5.60 Å². The molecular formula is C11H22O. The molecule has 2 atom stereocenters. The fourth-order valence-corrected chi connectivity index (χ4v) is 1.67. The summed E-state index contributed by atoms with van der Waals surface area (Å²) in [7, 11) is 0. The Bertz CT molecular complexity index is 164. The maximum atomic E-state index is 6.03. The Morgan fingerprint density at radius 3 is 1.92 bits per heavy atom. The van der Waals surface area contributed by atoms with Crippen molar-refractivity contribution in [3.8, 4) is 0 Å². The highest BCUT2D eigenvalue weighted by Gasteiger charge is 2.43. The Balaban J connectivity index is 2.67. The van der Waals surface area contributed by atoms with Crippen LogP contribution >= 0.6 is 0 Å². The molecular weight excluding hydrogens is 148 g/mol. The summed E-state index contributed by atoms with van der Waals surface area (Å²) in [6.07, 6.45) is 1.64. The van der Waals surface area contributed by atoms with Gasteiger partial charge in [0.15, 0.2) is 0 Å². The molecule has 1 heteroatoms. The molecule has 0 N–H and O–H groups in total. The van der Waals surface area contributed by atoms with Crippen molar-refractivity contribution in [2.45, 2.75) is 59.7 Å². The van der Waals surface area contributed by atoms with Crippen LogP contribution in [0.4, 0.5) is 0 Å². The van der Waals surface area contributed by atoms with Gasteiger partial charge in [-0.3, -0.25) is 0 Å². The molecule has 0 aliphatic carbocycles. The Kier molecular flexibility index (Phi) is 2.28. The van der Waals surface area contributed by atoms with Crippen molar-refractivity contribution in [3.05, 3.63) is 0 Å². The highest BCUT2D eigenvalue weighted by Crippen LogP contribution is 2.42. The van der Waals surface area contributed by atoms with Gasteiger partial charge in [-0.15, -0.1) is 0 Å². The van der Waals surface area contributed by atoms with E-state index in [1.54, 1.807) is 0 Å². The maximum absolute atomic E-state index is 6.03. The molecule has 1 aliphatic rings. The highest BCUT2D eigenvalue weighted by molar-refractivity contribution is 4.91. The summed E-state index contributed by atoms with van der Waals surface area (Å²) in [5.74, 6) is 0.682. The van der Waals surface area contributed by atoms with Crippen molar-refractivity contribution in [1.29, 1.82) is 0 Å². The van der Waals surface area contributed by atoms with Gasteiger partial charge in [0, 0.05) is 0 Å². The largest absolute Gasteiger partial charge is 0.372 e. The van der Waals surface area contributed by atoms with E-state index in [0.29, 0.717) is 17.4 Å². The van der Waals surface area contributed by atoms with E-state index < -0.39 is 0 Å². The monoisotopic (exact) mass is 170 g/mol. The molecule has 12 heavy (non-hydrogen) atoms. The average molecular weight is 170 g/mol. The summed E-state index contributed by atoms with van der Waals surface area (Å²) in [5.41, 5.74) is 0.375. The summed E-state index contributed by atoms with van der Waals surface area (Å²) >= 11 is 0. The first-order valence-corrected chi connectivity index (χ1v) is 4.91. The fraction of sp³-hybridized carbons (Fsp3) is 1.00. The smallest absolute Gasteiger partial charge is 0.0656 e. The van der Waals surface area contributed by atoms with Crippen LogP contribution in [0.5, 0.6) is 0 Å².